The predicted molar refractivity (Wildman–Crippen MR) is 63.9 cm³/mol. The molecule has 86 valence electrons. The van der Waals surface area contributed by atoms with E-state index >= 15 is 0 Å². The van der Waals surface area contributed by atoms with Gasteiger partial charge < -0.3 is 15.9 Å². The lowest BCUT2D eigenvalue weighted by Gasteiger charge is -2.09. The maximum atomic E-state index is 9.46. The molecule has 3 nitrogen and oxygen atoms in total. The van der Waals surface area contributed by atoms with Gasteiger partial charge >= 0.3 is 0 Å². The van der Waals surface area contributed by atoms with Crippen molar-refractivity contribution in [3.8, 4) is 11.8 Å². The molecule has 4 N–H and O–H groups in total. The molecule has 0 spiro atoms. The van der Waals surface area contributed by atoms with E-state index in [0.29, 0.717) is 0 Å². The van der Waals surface area contributed by atoms with Gasteiger partial charge in [0.05, 0.1) is 12.6 Å². The van der Waals surface area contributed by atoms with E-state index < -0.39 is 12.1 Å². The highest BCUT2D eigenvalue weighted by Crippen LogP contribution is 2.07. The number of rotatable bonds is 2. The molecule has 0 bridgehead atoms. The normalized spacial score (nSPS) is 13.8. The first-order valence-corrected chi connectivity index (χ1v) is 5.17. The van der Waals surface area contributed by atoms with E-state index in [-0.39, 0.29) is 6.61 Å². The summed E-state index contributed by atoms with van der Waals surface area (Å²) in [7, 11) is 0. The summed E-state index contributed by atoms with van der Waals surface area (Å²) in [4.78, 5) is 0. The maximum absolute atomic E-state index is 9.46. The van der Waals surface area contributed by atoms with Crippen molar-refractivity contribution in [3.05, 3.63) is 34.9 Å². The number of aliphatic hydroxyl groups is 2. The van der Waals surface area contributed by atoms with E-state index in [9.17, 15) is 5.11 Å². The summed E-state index contributed by atoms with van der Waals surface area (Å²) in [6.45, 7) is 3.71. The van der Waals surface area contributed by atoms with Crippen molar-refractivity contribution in [2.75, 3.05) is 6.61 Å². The first-order chi connectivity index (χ1) is 7.52. The smallest absolute Gasteiger partial charge is 0.132 e. The van der Waals surface area contributed by atoms with Crippen LogP contribution < -0.4 is 5.73 Å². The first kappa shape index (κ1) is 12.7. The number of nitrogens with two attached hydrogens (primary N) is 1. The van der Waals surface area contributed by atoms with Gasteiger partial charge in [-0.3, -0.25) is 0 Å². The van der Waals surface area contributed by atoms with E-state index in [1.54, 1.807) is 0 Å². The predicted octanol–water partition coefficient (Wildman–Crippen LogP) is 0.335. The summed E-state index contributed by atoms with van der Waals surface area (Å²) < 4.78 is 0. The second-order valence-corrected chi connectivity index (χ2v) is 3.94. The summed E-state index contributed by atoms with van der Waals surface area (Å²) in [6.07, 6.45) is -0.995. The molecule has 0 aliphatic carbocycles. The van der Waals surface area contributed by atoms with Crippen LogP contribution in [-0.4, -0.2) is 29.0 Å². The Balaban J connectivity index is 2.84. The quantitative estimate of drug-likeness (QED) is 0.628. The molecule has 0 fully saturated rings. The van der Waals surface area contributed by atoms with Crippen LogP contribution in [0.1, 0.15) is 16.7 Å². The van der Waals surface area contributed by atoms with E-state index in [0.717, 1.165) is 16.7 Å². The first-order valence-electron chi connectivity index (χ1n) is 5.17. The molecular formula is C13H17NO2. The third-order valence-electron chi connectivity index (χ3n) is 2.20. The van der Waals surface area contributed by atoms with Crippen LogP contribution in [0.5, 0.6) is 0 Å². The van der Waals surface area contributed by atoms with Crippen molar-refractivity contribution in [1.29, 1.82) is 0 Å². The molecule has 2 unspecified atom stereocenters. The van der Waals surface area contributed by atoms with Crippen molar-refractivity contribution in [2.24, 2.45) is 5.73 Å². The summed E-state index contributed by atoms with van der Waals surface area (Å²) in [5.41, 5.74) is 8.55. The van der Waals surface area contributed by atoms with E-state index in [1.807, 2.05) is 26.0 Å². The molecule has 0 radical (unpaired) electrons. The van der Waals surface area contributed by atoms with Gasteiger partial charge in [-0.2, -0.15) is 0 Å². The van der Waals surface area contributed by atoms with Crippen molar-refractivity contribution >= 4 is 0 Å². The average Bonchev–Trinajstić information content (AvgIpc) is 2.23. The molecule has 0 saturated carbocycles. The Morgan fingerprint density at radius 2 is 1.81 bits per heavy atom. The second-order valence-electron chi connectivity index (χ2n) is 3.94. The van der Waals surface area contributed by atoms with Gasteiger partial charge in [0, 0.05) is 5.56 Å². The number of benzene rings is 1. The molecule has 0 aromatic heterocycles. The average molecular weight is 219 g/mol. The molecule has 0 aliphatic rings. The molecule has 1 aromatic rings. The summed E-state index contributed by atoms with van der Waals surface area (Å²) >= 11 is 0. The standard InChI is InChI=1S/C13H17NO2/c1-9-5-10(2)7-11(6-9)3-4-13(16)12(14)8-15/h5-7,12-13,15-16H,8,14H2,1-2H3. The van der Waals surface area contributed by atoms with Gasteiger partial charge in [-0.25, -0.2) is 0 Å². The van der Waals surface area contributed by atoms with E-state index in [2.05, 4.69) is 17.9 Å². The summed E-state index contributed by atoms with van der Waals surface area (Å²) in [5, 5.41) is 18.2. The monoisotopic (exact) mass is 219 g/mol. The molecule has 0 amide bonds. The van der Waals surface area contributed by atoms with Crippen LogP contribution in [0.15, 0.2) is 18.2 Å². The molecule has 0 saturated heterocycles. The highest BCUT2D eigenvalue weighted by molar-refractivity contribution is 5.40. The van der Waals surface area contributed by atoms with E-state index in [1.165, 1.54) is 0 Å². The molecule has 0 heterocycles. The minimum Gasteiger partial charge on any atom is -0.395 e. The Morgan fingerprint density at radius 3 is 2.31 bits per heavy atom. The molecule has 16 heavy (non-hydrogen) atoms. The zero-order chi connectivity index (χ0) is 12.1. The maximum Gasteiger partial charge on any atom is 0.132 e. The lowest BCUT2D eigenvalue weighted by Crippen LogP contribution is -2.36. The number of aryl methyl sites for hydroxylation is 2. The lowest BCUT2D eigenvalue weighted by molar-refractivity contribution is 0.151. The van der Waals surface area contributed by atoms with Crippen molar-refractivity contribution in [2.45, 2.75) is 26.0 Å². The Kier molecular flexibility index (Phi) is 4.51. The Morgan fingerprint density at radius 1 is 1.25 bits per heavy atom. The topological polar surface area (TPSA) is 66.5 Å². The Hall–Kier alpha value is -1.34. The van der Waals surface area contributed by atoms with Crippen LogP contribution in [0.4, 0.5) is 0 Å². The van der Waals surface area contributed by atoms with Gasteiger partial charge in [0.25, 0.3) is 0 Å². The van der Waals surface area contributed by atoms with Gasteiger partial charge in [0.2, 0.25) is 0 Å². The molecule has 1 aromatic carbocycles. The fourth-order valence-electron chi connectivity index (χ4n) is 1.41. The molecule has 3 heteroatoms. The zero-order valence-corrected chi connectivity index (χ0v) is 9.57. The fourth-order valence-corrected chi connectivity index (χ4v) is 1.41. The van der Waals surface area contributed by atoms with E-state index in [4.69, 9.17) is 10.8 Å². The highest BCUT2D eigenvalue weighted by atomic mass is 16.3. The summed E-state index contributed by atoms with van der Waals surface area (Å²) in [5.74, 6) is 5.47. The number of hydrogen-bond donors (Lipinski definition) is 3. The molecule has 0 aliphatic heterocycles. The van der Waals surface area contributed by atoms with Crippen LogP contribution in [0.25, 0.3) is 0 Å². The molecular weight excluding hydrogens is 202 g/mol. The Labute approximate surface area is 95.9 Å². The van der Waals surface area contributed by atoms with Crippen LogP contribution in [-0.2, 0) is 0 Å². The van der Waals surface area contributed by atoms with Gasteiger partial charge in [-0.1, -0.05) is 17.9 Å². The van der Waals surface area contributed by atoms with Crippen molar-refractivity contribution < 1.29 is 10.2 Å². The highest BCUT2D eigenvalue weighted by Gasteiger charge is 2.09. The third-order valence-corrected chi connectivity index (χ3v) is 2.20. The zero-order valence-electron chi connectivity index (χ0n) is 9.57. The molecule has 1 rings (SSSR count). The lowest BCUT2D eigenvalue weighted by atomic mass is 10.1. The summed E-state index contributed by atoms with van der Waals surface area (Å²) in [6, 6.07) is 5.23. The van der Waals surface area contributed by atoms with Gasteiger partial charge in [-0.15, -0.1) is 0 Å². The minimum atomic E-state index is -0.995. The van der Waals surface area contributed by atoms with Gasteiger partial charge in [0.1, 0.15) is 6.10 Å². The minimum absolute atomic E-state index is 0.275. The van der Waals surface area contributed by atoms with Crippen LogP contribution >= 0.6 is 0 Å². The number of aliphatic hydroxyl groups excluding tert-OH is 2. The Bertz CT molecular complexity index is 397. The van der Waals surface area contributed by atoms with Crippen LogP contribution in [0, 0.1) is 25.7 Å². The van der Waals surface area contributed by atoms with Gasteiger partial charge in [-0.05, 0) is 37.1 Å². The third kappa shape index (κ3) is 3.67. The van der Waals surface area contributed by atoms with Crippen LogP contribution in [0.2, 0.25) is 0 Å². The van der Waals surface area contributed by atoms with Crippen molar-refractivity contribution in [3.63, 3.8) is 0 Å². The second kappa shape index (κ2) is 5.66. The SMILES string of the molecule is Cc1cc(C)cc(C#CC(O)C(N)CO)c1. The molecule has 2 atom stereocenters. The van der Waals surface area contributed by atoms with Crippen LogP contribution in [0.3, 0.4) is 0 Å². The number of hydrogen-bond acceptors (Lipinski definition) is 3. The van der Waals surface area contributed by atoms with Gasteiger partial charge in [0.15, 0.2) is 0 Å². The van der Waals surface area contributed by atoms with Crippen molar-refractivity contribution in [1.82, 2.24) is 0 Å². The fraction of sp³-hybridized carbons (Fsp3) is 0.385. The largest absolute Gasteiger partial charge is 0.395 e.